The molecule has 2 fully saturated rings. The number of aromatic nitrogens is 4. The standard InChI is InChI=1S/C21H21F3N4/c1-2-15-25-16-18(21(22,23)24)26-19(14-6-4-3-5-7-14)27-20(16)28(15)17(12-8-9-12)13-10-11-13/h3-7,12-13,17H,2,8-11H2,1H3. The minimum atomic E-state index is -4.58. The fourth-order valence-electron chi connectivity index (χ4n) is 4.18. The maximum absolute atomic E-state index is 13.9. The highest BCUT2D eigenvalue weighted by Crippen LogP contribution is 2.53. The average Bonchev–Trinajstić information content (AvgIpc) is 3.59. The number of hydrogen-bond donors (Lipinski definition) is 0. The first kappa shape index (κ1) is 17.6. The van der Waals surface area contributed by atoms with E-state index in [4.69, 9.17) is 0 Å². The summed E-state index contributed by atoms with van der Waals surface area (Å²) >= 11 is 0. The lowest BCUT2D eigenvalue weighted by Gasteiger charge is -2.21. The fourth-order valence-corrected chi connectivity index (χ4v) is 4.18. The molecule has 0 saturated heterocycles. The molecule has 0 N–H and O–H groups in total. The van der Waals surface area contributed by atoms with Crippen molar-refractivity contribution < 1.29 is 13.2 Å². The van der Waals surface area contributed by atoms with Crippen molar-refractivity contribution in [3.05, 3.63) is 41.9 Å². The van der Waals surface area contributed by atoms with Gasteiger partial charge in [-0.15, -0.1) is 0 Å². The Bertz CT molecular complexity index is 1010. The number of hydrogen-bond acceptors (Lipinski definition) is 3. The molecule has 2 aromatic heterocycles. The fraction of sp³-hybridized carbons (Fsp3) is 0.476. The third-order valence-electron chi connectivity index (χ3n) is 5.74. The molecule has 5 rings (SSSR count). The van der Waals surface area contributed by atoms with Crippen LogP contribution in [0.15, 0.2) is 30.3 Å². The first-order valence-corrected chi connectivity index (χ1v) is 9.89. The van der Waals surface area contributed by atoms with Gasteiger partial charge in [-0.3, -0.25) is 0 Å². The number of nitrogens with zero attached hydrogens (tertiary/aromatic N) is 4. The Balaban J connectivity index is 1.79. The Labute approximate surface area is 160 Å². The summed E-state index contributed by atoms with van der Waals surface area (Å²) in [5.41, 5.74) is -0.137. The molecule has 28 heavy (non-hydrogen) atoms. The van der Waals surface area contributed by atoms with Gasteiger partial charge >= 0.3 is 6.18 Å². The highest BCUT2D eigenvalue weighted by atomic mass is 19.4. The van der Waals surface area contributed by atoms with Crippen LogP contribution in [0.2, 0.25) is 0 Å². The highest BCUT2D eigenvalue weighted by molar-refractivity contribution is 5.78. The molecule has 2 aliphatic carbocycles. The Morgan fingerprint density at radius 3 is 2.18 bits per heavy atom. The third-order valence-corrected chi connectivity index (χ3v) is 5.74. The van der Waals surface area contributed by atoms with Gasteiger partial charge in [-0.2, -0.15) is 13.2 Å². The second kappa shape index (κ2) is 6.29. The number of alkyl halides is 3. The Kier molecular flexibility index (Phi) is 3.96. The highest BCUT2D eigenvalue weighted by Gasteiger charge is 2.45. The van der Waals surface area contributed by atoms with E-state index in [1.807, 2.05) is 17.6 Å². The Morgan fingerprint density at radius 1 is 1.00 bits per heavy atom. The predicted octanol–water partition coefficient (Wildman–Crippen LogP) is 5.44. The summed E-state index contributed by atoms with van der Waals surface area (Å²) < 4.78 is 43.6. The van der Waals surface area contributed by atoms with E-state index < -0.39 is 11.9 Å². The van der Waals surface area contributed by atoms with Gasteiger partial charge in [0, 0.05) is 18.0 Å². The monoisotopic (exact) mass is 386 g/mol. The molecule has 3 aromatic rings. The summed E-state index contributed by atoms with van der Waals surface area (Å²) in [5, 5.41) is 0. The molecule has 4 nitrogen and oxygen atoms in total. The maximum Gasteiger partial charge on any atom is 0.435 e. The normalized spacial score (nSPS) is 17.6. The van der Waals surface area contributed by atoms with Gasteiger partial charge < -0.3 is 4.57 Å². The van der Waals surface area contributed by atoms with Crippen molar-refractivity contribution in [2.45, 2.75) is 51.2 Å². The molecule has 7 heteroatoms. The molecular formula is C21H21F3N4. The quantitative estimate of drug-likeness (QED) is 0.587. The molecule has 0 amide bonds. The first-order chi connectivity index (χ1) is 13.5. The zero-order valence-corrected chi connectivity index (χ0v) is 15.6. The van der Waals surface area contributed by atoms with Gasteiger partial charge in [0.1, 0.15) is 11.3 Å². The van der Waals surface area contributed by atoms with Crippen molar-refractivity contribution >= 4 is 11.2 Å². The van der Waals surface area contributed by atoms with Crippen molar-refractivity contribution in [1.29, 1.82) is 0 Å². The van der Waals surface area contributed by atoms with Crippen molar-refractivity contribution in [3.8, 4) is 11.4 Å². The van der Waals surface area contributed by atoms with Gasteiger partial charge in [0.05, 0.1) is 0 Å². The van der Waals surface area contributed by atoms with Crippen LogP contribution < -0.4 is 0 Å². The van der Waals surface area contributed by atoms with Crippen LogP contribution in [0.5, 0.6) is 0 Å². The van der Waals surface area contributed by atoms with E-state index in [0.717, 1.165) is 25.7 Å². The van der Waals surface area contributed by atoms with E-state index in [0.29, 0.717) is 35.3 Å². The average molecular weight is 386 g/mol. The third kappa shape index (κ3) is 2.97. The largest absolute Gasteiger partial charge is 0.435 e. The van der Waals surface area contributed by atoms with Gasteiger partial charge in [-0.05, 0) is 37.5 Å². The molecule has 2 saturated carbocycles. The first-order valence-electron chi connectivity index (χ1n) is 9.89. The van der Waals surface area contributed by atoms with Crippen LogP contribution in [0, 0.1) is 11.8 Å². The van der Waals surface area contributed by atoms with Crippen molar-refractivity contribution in [3.63, 3.8) is 0 Å². The van der Waals surface area contributed by atoms with Crippen LogP contribution in [0.4, 0.5) is 13.2 Å². The topological polar surface area (TPSA) is 43.6 Å². The summed E-state index contributed by atoms with van der Waals surface area (Å²) in [4.78, 5) is 12.9. The van der Waals surface area contributed by atoms with Gasteiger partial charge in [0.25, 0.3) is 0 Å². The molecule has 0 bridgehead atoms. The molecule has 0 unspecified atom stereocenters. The molecule has 146 valence electrons. The van der Waals surface area contributed by atoms with Crippen molar-refractivity contribution in [1.82, 2.24) is 19.5 Å². The minimum Gasteiger partial charge on any atom is -0.309 e. The summed E-state index contributed by atoms with van der Waals surface area (Å²) in [6.07, 6.45) is 0.521. The lowest BCUT2D eigenvalue weighted by molar-refractivity contribution is -0.139. The van der Waals surface area contributed by atoms with Crippen LogP contribution in [0.1, 0.15) is 50.2 Å². The number of imidazole rings is 1. The zero-order chi connectivity index (χ0) is 19.5. The van der Waals surface area contributed by atoms with Gasteiger partial charge in [0.2, 0.25) is 0 Å². The van der Waals surface area contributed by atoms with Crippen LogP contribution >= 0.6 is 0 Å². The van der Waals surface area contributed by atoms with Gasteiger partial charge in [-0.1, -0.05) is 37.3 Å². The minimum absolute atomic E-state index is 0.106. The zero-order valence-electron chi connectivity index (χ0n) is 15.6. The Hall–Kier alpha value is -2.44. The lowest BCUT2D eigenvalue weighted by Crippen LogP contribution is -2.17. The number of halogens is 3. The maximum atomic E-state index is 13.9. The molecule has 2 heterocycles. The van der Waals surface area contributed by atoms with Crippen LogP contribution in [0.25, 0.3) is 22.6 Å². The molecule has 0 atom stereocenters. The molecule has 0 spiro atoms. The van der Waals surface area contributed by atoms with E-state index in [1.54, 1.807) is 24.3 Å². The van der Waals surface area contributed by atoms with E-state index in [-0.39, 0.29) is 17.4 Å². The second-order valence-corrected chi connectivity index (χ2v) is 7.85. The number of aryl methyl sites for hydroxylation is 1. The van der Waals surface area contributed by atoms with Gasteiger partial charge in [0.15, 0.2) is 17.2 Å². The van der Waals surface area contributed by atoms with Crippen molar-refractivity contribution in [2.75, 3.05) is 0 Å². The number of benzene rings is 1. The molecule has 0 radical (unpaired) electrons. The van der Waals surface area contributed by atoms with E-state index in [2.05, 4.69) is 15.0 Å². The SMILES string of the molecule is CCc1nc2c(C(F)(F)F)nc(-c3ccccc3)nc2n1C(C1CC1)C1CC1. The van der Waals surface area contributed by atoms with Crippen LogP contribution in [-0.2, 0) is 12.6 Å². The summed E-state index contributed by atoms with van der Waals surface area (Å²) in [5.74, 6) is 1.85. The van der Waals surface area contributed by atoms with Crippen LogP contribution in [0.3, 0.4) is 0 Å². The van der Waals surface area contributed by atoms with Gasteiger partial charge in [-0.25, -0.2) is 15.0 Å². The smallest absolute Gasteiger partial charge is 0.309 e. The summed E-state index contributed by atoms with van der Waals surface area (Å²) in [7, 11) is 0. The summed E-state index contributed by atoms with van der Waals surface area (Å²) in [6.45, 7) is 1.94. The predicted molar refractivity (Wildman–Crippen MR) is 99.6 cm³/mol. The van der Waals surface area contributed by atoms with Crippen LogP contribution in [-0.4, -0.2) is 19.5 Å². The van der Waals surface area contributed by atoms with E-state index >= 15 is 0 Å². The number of rotatable bonds is 5. The van der Waals surface area contributed by atoms with E-state index in [1.165, 1.54) is 0 Å². The molecular weight excluding hydrogens is 365 g/mol. The van der Waals surface area contributed by atoms with Crippen molar-refractivity contribution in [2.24, 2.45) is 11.8 Å². The van der Waals surface area contributed by atoms with E-state index in [9.17, 15) is 13.2 Å². The Morgan fingerprint density at radius 2 is 1.64 bits per heavy atom. The number of fused-ring (bicyclic) bond motifs is 1. The second-order valence-electron chi connectivity index (χ2n) is 7.85. The molecule has 2 aliphatic rings. The molecule has 0 aliphatic heterocycles. The lowest BCUT2D eigenvalue weighted by atomic mass is 10.1. The molecule has 1 aromatic carbocycles. The summed E-state index contributed by atoms with van der Waals surface area (Å²) in [6, 6.07) is 9.07.